The minimum Gasteiger partial charge on any atom is -0.325 e. The van der Waals surface area contributed by atoms with Gasteiger partial charge in [-0.1, -0.05) is 58.4 Å². The van der Waals surface area contributed by atoms with Crippen molar-refractivity contribution in [3.8, 4) is 0 Å². The zero-order chi connectivity index (χ0) is 19.3. The van der Waals surface area contributed by atoms with Crippen molar-refractivity contribution in [2.24, 2.45) is 0 Å². The van der Waals surface area contributed by atoms with Gasteiger partial charge in [0.05, 0.1) is 10.6 Å². The molecule has 1 amide bonds. The van der Waals surface area contributed by atoms with E-state index in [0.717, 1.165) is 8.78 Å². The molecule has 0 saturated carbocycles. The van der Waals surface area contributed by atoms with Gasteiger partial charge in [-0.15, -0.1) is 0 Å². The minimum absolute atomic E-state index is 0.123. The molecule has 0 radical (unpaired) electrons. The second-order valence-electron chi connectivity index (χ2n) is 5.72. The molecule has 1 N–H and O–H groups in total. The van der Waals surface area contributed by atoms with Gasteiger partial charge in [-0.2, -0.15) is 0 Å². The topological polar surface area (TPSA) is 66.5 Å². The summed E-state index contributed by atoms with van der Waals surface area (Å²) in [6, 6.07) is 23.8. The Balaban J connectivity index is 1.94. The number of carbonyl (C=O) groups is 1. The molecule has 27 heavy (non-hydrogen) atoms. The van der Waals surface area contributed by atoms with Gasteiger partial charge in [0, 0.05) is 10.2 Å². The fraction of sp³-hybridized carbons (Fsp3) is 0.0500. The number of sulfonamides is 1. The quantitative estimate of drug-likeness (QED) is 0.616. The van der Waals surface area contributed by atoms with E-state index < -0.39 is 15.9 Å². The van der Waals surface area contributed by atoms with E-state index in [0.29, 0.717) is 11.4 Å². The Bertz CT molecular complexity index is 1030. The van der Waals surface area contributed by atoms with E-state index >= 15 is 0 Å². The molecule has 0 fully saturated rings. The maximum Gasteiger partial charge on any atom is 0.264 e. The minimum atomic E-state index is -3.91. The molecule has 138 valence electrons. The molecular formula is C20H17BrN2O3S. The smallest absolute Gasteiger partial charge is 0.264 e. The fourth-order valence-corrected chi connectivity index (χ4v) is 4.34. The van der Waals surface area contributed by atoms with Crippen LogP contribution in [-0.2, 0) is 14.8 Å². The summed E-state index contributed by atoms with van der Waals surface area (Å²) in [6.07, 6.45) is 0. The predicted molar refractivity (Wildman–Crippen MR) is 110 cm³/mol. The zero-order valence-electron chi connectivity index (χ0n) is 14.2. The van der Waals surface area contributed by atoms with Crippen molar-refractivity contribution in [1.29, 1.82) is 0 Å². The fourth-order valence-electron chi connectivity index (χ4n) is 2.52. The van der Waals surface area contributed by atoms with Crippen molar-refractivity contribution in [2.75, 3.05) is 16.2 Å². The summed E-state index contributed by atoms with van der Waals surface area (Å²) in [4.78, 5) is 12.7. The van der Waals surface area contributed by atoms with Crippen LogP contribution in [0.5, 0.6) is 0 Å². The van der Waals surface area contributed by atoms with E-state index in [1.165, 1.54) is 12.1 Å². The molecule has 3 aromatic rings. The number of nitrogens with zero attached hydrogens (tertiary/aromatic N) is 1. The Kier molecular flexibility index (Phi) is 5.93. The number of hydrogen-bond acceptors (Lipinski definition) is 3. The van der Waals surface area contributed by atoms with E-state index in [1.807, 2.05) is 6.07 Å². The largest absolute Gasteiger partial charge is 0.325 e. The van der Waals surface area contributed by atoms with Crippen molar-refractivity contribution in [2.45, 2.75) is 4.90 Å². The van der Waals surface area contributed by atoms with Gasteiger partial charge in [0.15, 0.2) is 0 Å². The van der Waals surface area contributed by atoms with Crippen LogP contribution < -0.4 is 9.62 Å². The molecule has 0 atom stereocenters. The van der Waals surface area contributed by atoms with E-state index in [1.54, 1.807) is 66.7 Å². The van der Waals surface area contributed by atoms with E-state index in [9.17, 15) is 13.2 Å². The van der Waals surface area contributed by atoms with Crippen LogP contribution in [0, 0.1) is 0 Å². The molecule has 5 nitrogen and oxygen atoms in total. The van der Waals surface area contributed by atoms with Crippen LogP contribution in [0.2, 0.25) is 0 Å². The summed E-state index contributed by atoms with van der Waals surface area (Å²) in [7, 11) is -3.91. The average Bonchev–Trinajstić information content (AvgIpc) is 2.67. The zero-order valence-corrected chi connectivity index (χ0v) is 16.7. The van der Waals surface area contributed by atoms with Gasteiger partial charge in [-0.3, -0.25) is 9.10 Å². The van der Waals surface area contributed by atoms with E-state index in [4.69, 9.17) is 0 Å². The summed E-state index contributed by atoms with van der Waals surface area (Å²) >= 11 is 3.35. The van der Waals surface area contributed by atoms with Crippen LogP contribution in [0.3, 0.4) is 0 Å². The second kappa shape index (κ2) is 8.37. The number of anilines is 2. The van der Waals surface area contributed by atoms with Gasteiger partial charge in [0.2, 0.25) is 5.91 Å². The first-order valence-corrected chi connectivity index (χ1v) is 10.4. The molecule has 0 aliphatic heterocycles. The van der Waals surface area contributed by atoms with Gasteiger partial charge in [0.25, 0.3) is 10.0 Å². The number of nitrogens with one attached hydrogen (secondary N) is 1. The number of carbonyl (C=O) groups excluding carboxylic acids is 1. The van der Waals surface area contributed by atoms with Crippen molar-refractivity contribution in [3.63, 3.8) is 0 Å². The highest BCUT2D eigenvalue weighted by molar-refractivity contribution is 9.10. The van der Waals surface area contributed by atoms with E-state index in [2.05, 4.69) is 21.2 Å². The van der Waals surface area contributed by atoms with Crippen LogP contribution >= 0.6 is 15.9 Å². The van der Waals surface area contributed by atoms with Gasteiger partial charge < -0.3 is 5.32 Å². The summed E-state index contributed by atoms with van der Waals surface area (Å²) in [5.41, 5.74) is 1.00. The third-order valence-electron chi connectivity index (χ3n) is 3.77. The highest BCUT2D eigenvalue weighted by atomic mass is 79.9. The first kappa shape index (κ1) is 19.1. The number of amides is 1. The average molecular weight is 445 g/mol. The highest BCUT2D eigenvalue weighted by Gasteiger charge is 2.27. The lowest BCUT2D eigenvalue weighted by Gasteiger charge is -2.24. The van der Waals surface area contributed by atoms with Crippen LogP contribution in [0.25, 0.3) is 0 Å². The molecule has 0 aliphatic rings. The van der Waals surface area contributed by atoms with Gasteiger partial charge in [-0.25, -0.2) is 8.42 Å². The Labute approximate surface area is 166 Å². The molecule has 3 aromatic carbocycles. The first-order chi connectivity index (χ1) is 13.0. The van der Waals surface area contributed by atoms with Crippen LogP contribution in [0.15, 0.2) is 94.3 Å². The third-order valence-corrected chi connectivity index (χ3v) is 6.05. The number of hydrogen-bond donors (Lipinski definition) is 1. The first-order valence-electron chi connectivity index (χ1n) is 8.15. The molecule has 0 spiro atoms. The molecule has 0 aliphatic carbocycles. The van der Waals surface area contributed by atoms with Crippen LogP contribution in [-0.4, -0.2) is 20.9 Å². The highest BCUT2D eigenvalue weighted by Crippen LogP contribution is 2.26. The van der Waals surface area contributed by atoms with E-state index in [-0.39, 0.29) is 11.4 Å². The Morgan fingerprint density at radius 2 is 1.52 bits per heavy atom. The number of halogens is 1. The van der Waals surface area contributed by atoms with Crippen molar-refractivity contribution < 1.29 is 13.2 Å². The standard InChI is InChI=1S/C20H17BrN2O3S/c21-16-8-7-11-18(14-16)23(27(25,26)19-12-5-2-6-13-19)15-20(24)22-17-9-3-1-4-10-17/h1-14H,15H2,(H,22,24). The number of para-hydroxylation sites is 1. The lowest BCUT2D eigenvalue weighted by atomic mass is 10.3. The summed E-state index contributed by atoms with van der Waals surface area (Å²) in [6.45, 7) is -0.345. The third kappa shape index (κ3) is 4.75. The van der Waals surface area contributed by atoms with Crippen molar-refractivity contribution in [1.82, 2.24) is 0 Å². The molecule has 0 bridgehead atoms. The summed E-state index contributed by atoms with van der Waals surface area (Å²) in [5.74, 6) is -0.430. The van der Waals surface area contributed by atoms with Crippen molar-refractivity contribution >= 4 is 43.2 Å². The van der Waals surface area contributed by atoms with Gasteiger partial charge in [0.1, 0.15) is 6.54 Å². The molecule has 0 saturated heterocycles. The summed E-state index contributed by atoms with van der Waals surface area (Å²) in [5, 5.41) is 2.72. The van der Waals surface area contributed by atoms with Gasteiger partial charge >= 0.3 is 0 Å². The molecule has 0 heterocycles. The van der Waals surface area contributed by atoms with Crippen LogP contribution in [0.4, 0.5) is 11.4 Å². The second-order valence-corrected chi connectivity index (χ2v) is 8.50. The maximum absolute atomic E-state index is 13.2. The monoisotopic (exact) mass is 444 g/mol. The lowest BCUT2D eigenvalue weighted by molar-refractivity contribution is -0.114. The number of benzene rings is 3. The summed E-state index contributed by atoms with van der Waals surface area (Å²) < 4.78 is 28.1. The SMILES string of the molecule is O=C(CN(c1cccc(Br)c1)S(=O)(=O)c1ccccc1)Nc1ccccc1. The van der Waals surface area contributed by atoms with Crippen molar-refractivity contribution in [3.05, 3.63) is 89.4 Å². The Morgan fingerprint density at radius 1 is 0.889 bits per heavy atom. The molecule has 3 rings (SSSR count). The molecule has 7 heteroatoms. The number of rotatable bonds is 6. The molecule has 0 unspecified atom stereocenters. The normalized spacial score (nSPS) is 11.0. The van der Waals surface area contributed by atoms with Crippen LogP contribution in [0.1, 0.15) is 0 Å². The predicted octanol–water partition coefficient (Wildman–Crippen LogP) is 4.28. The molecular weight excluding hydrogens is 428 g/mol. The Morgan fingerprint density at radius 3 is 2.15 bits per heavy atom. The van der Waals surface area contributed by atoms with Gasteiger partial charge in [-0.05, 0) is 42.5 Å². The lowest BCUT2D eigenvalue weighted by Crippen LogP contribution is -2.38. The maximum atomic E-state index is 13.2. The Hall–Kier alpha value is -2.64. The molecule has 0 aromatic heterocycles.